The van der Waals surface area contributed by atoms with Crippen LogP contribution in [-0.2, 0) is 14.3 Å². The minimum atomic E-state index is -0.783. The Bertz CT molecular complexity index is 1110. The molecule has 2 heterocycles. The van der Waals surface area contributed by atoms with Crippen LogP contribution in [0.4, 0.5) is 16.2 Å². The van der Waals surface area contributed by atoms with Crippen LogP contribution < -0.4 is 15.5 Å². The Morgan fingerprint density at radius 3 is 2.46 bits per heavy atom. The van der Waals surface area contributed by atoms with Crippen LogP contribution in [0.2, 0.25) is 0 Å². The molecular weight excluding hydrogens is 470 g/mol. The number of anilines is 2. The van der Waals surface area contributed by atoms with E-state index in [2.05, 4.69) is 15.5 Å². The average molecular weight is 508 g/mol. The predicted octanol–water partition coefficient (Wildman–Crippen LogP) is 3.13. The standard InChI is InChI=1S/C28H37N5O4/c1-21-10-11-24(22(2)18-21)30-27(36)31-15-12-28(13-16-31)26(35)32(19-25(34)29-14-7-17-37-3)20-33(28)23-8-5-4-6-9-23/h4-6,8-11,18H,7,12-17,19-20H2,1-3H3,(H,29,34)(H,30,36). The van der Waals surface area contributed by atoms with Gasteiger partial charge in [0.05, 0.1) is 6.67 Å². The molecule has 9 nitrogen and oxygen atoms in total. The van der Waals surface area contributed by atoms with Crippen molar-refractivity contribution in [1.29, 1.82) is 0 Å². The van der Waals surface area contributed by atoms with Crippen LogP contribution in [0.25, 0.3) is 0 Å². The van der Waals surface area contributed by atoms with E-state index in [9.17, 15) is 14.4 Å². The summed E-state index contributed by atoms with van der Waals surface area (Å²) in [5, 5.41) is 5.89. The summed E-state index contributed by atoms with van der Waals surface area (Å²) >= 11 is 0. The van der Waals surface area contributed by atoms with Gasteiger partial charge in [0, 0.05) is 44.7 Å². The number of amides is 4. The topological polar surface area (TPSA) is 94.2 Å². The van der Waals surface area contributed by atoms with Crippen molar-refractivity contribution in [2.75, 3.05) is 56.8 Å². The van der Waals surface area contributed by atoms with E-state index in [1.54, 1.807) is 16.9 Å². The molecule has 0 aliphatic carbocycles. The third-order valence-corrected chi connectivity index (χ3v) is 7.27. The van der Waals surface area contributed by atoms with Gasteiger partial charge in [-0.1, -0.05) is 35.9 Å². The number of para-hydroxylation sites is 1. The van der Waals surface area contributed by atoms with Gasteiger partial charge < -0.3 is 30.1 Å². The van der Waals surface area contributed by atoms with E-state index in [1.165, 1.54) is 0 Å². The SMILES string of the molecule is COCCCNC(=O)CN1CN(c2ccccc2)C2(CCN(C(=O)Nc3ccc(C)cc3C)CC2)C1=O. The molecule has 0 atom stereocenters. The van der Waals surface area contributed by atoms with Crippen LogP contribution in [-0.4, -0.2) is 79.7 Å². The summed E-state index contributed by atoms with van der Waals surface area (Å²) in [6.07, 6.45) is 1.70. The largest absolute Gasteiger partial charge is 0.385 e. The second kappa shape index (κ2) is 11.6. The molecule has 0 saturated carbocycles. The maximum atomic E-state index is 13.8. The van der Waals surface area contributed by atoms with E-state index in [-0.39, 0.29) is 24.4 Å². The fraction of sp³-hybridized carbons (Fsp3) is 0.464. The fourth-order valence-electron chi connectivity index (χ4n) is 5.22. The van der Waals surface area contributed by atoms with Gasteiger partial charge in [-0.05, 0) is 56.9 Å². The first-order valence-electron chi connectivity index (χ1n) is 12.8. The number of piperidine rings is 1. The highest BCUT2D eigenvalue weighted by Crippen LogP contribution is 2.39. The van der Waals surface area contributed by atoms with E-state index < -0.39 is 5.54 Å². The highest BCUT2D eigenvalue weighted by Gasteiger charge is 2.54. The third kappa shape index (κ3) is 5.88. The molecule has 2 aromatic carbocycles. The summed E-state index contributed by atoms with van der Waals surface area (Å²) < 4.78 is 5.03. The van der Waals surface area contributed by atoms with Gasteiger partial charge in [-0.15, -0.1) is 0 Å². The number of carbonyl (C=O) groups excluding carboxylic acids is 3. The average Bonchev–Trinajstić information content (AvgIpc) is 3.15. The summed E-state index contributed by atoms with van der Waals surface area (Å²) in [4.78, 5) is 44.9. The number of benzene rings is 2. The van der Waals surface area contributed by atoms with Crippen molar-refractivity contribution < 1.29 is 19.1 Å². The van der Waals surface area contributed by atoms with Gasteiger partial charge in [0.1, 0.15) is 12.1 Å². The van der Waals surface area contributed by atoms with Gasteiger partial charge in [-0.25, -0.2) is 4.79 Å². The van der Waals surface area contributed by atoms with Gasteiger partial charge >= 0.3 is 6.03 Å². The van der Waals surface area contributed by atoms with E-state index in [1.807, 2.05) is 62.4 Å². The maximum Gasteiger partial charge on any atom is 0.321 e. The molecule has 4 amide bonds. The predicted molar refractivity (Wildman–Crippen MR) is 143 cm³/mol. The second-order valence-electron chi connectivity index (χ2n) is 9.87. The molecule has 2 fully saturated rings. The number of likely N-dealkylation sites (tertiary alicyclic amines) is 1. The number of ether oxygens (including phenoxy) is 1. The van der Waals surface area contributed by atoms with Crippen molar-refractivity contribution in [2.45, 2.75) is 38.6 Å². The number of carbonyl (C=O) groups is 3. The molecule has 9 heteroatoms. The van der Waals surface area contributed by atoms with Gasteiger partial charge in [-0.2, -0.15) is 0 Å². The number of methoxy groups -OCH3 is 1. The molecule has 2 aliphatic heterocycles. The highest BCUT2D eigenvalue weighted by molar-refractivity contribution is 5.97. The zero-order chi connectivity index (χ0) is 26.4. The lowest BCUT2D eigenvalue weighted by Crippen LogP contribution is -2.58. The molecule has 198 valence electrons. The minimum absolute atomic E-state index is 0.00774. The van der Waals surface area contributed by atoms with Crippen LogP contribution in [0.1, 0.15) is 30.4 Å². The number of nitrogens with zero attached hydrogens (tertiary/aromatic N) is 3. The quantitative estimate of drug-likeness (QED) is 0.536. The summed E-state index contributed by atoms with van der Waals surface area (Å²) in [5.74, 6) is -0.238. The Morgan fingerprint density at radius 2 is 1.78 bits per heavy atom. The van der Waals surface area contributed by atoms with E-state index >= 15 is 0 Å². The Kier molecular flexibility index (Phi) is 8.33. The Morgan fingerprint density at radius 1 is 1.05 bits per heavy atom. The molecular formula is C28H37N5O4. The molecule has 1 spiro atoms. The molecule has 0 unspecified atom stereocenters. The molecule has 2 aliphatic rings. The number of aryl methyl sites for hydroxylation is 2. The molecule has 2 saturated heterocycles. The van der Waals surface area contributed by atoms with Crippen molar-refractivity contribution in [3.63, 3.8) is 0 Å². The smallest absolute Gasteiger partial charge is 0.321 e. The molecule has 0 aromatic heterocycles. The third-order valence-electron chi connectivity index (χ3n) is 7.27. The highest BCUT2D eigenvalue weighted by atomic mass is 16.5. The number of urea groups is 1. The Hall–Kier alpha value is -3.59. The summed E-state index contributed by atoms with van der Waals surface area (Å²) in [5.41, 5.74) is 3.10. The maximum absolute atomic E-state index is 13.8. The van der Waals surface area contributed by atoms with Gasteiger partial charge in [0.15, 0.2) is 0 Å². The summed E-state index contributed by atoms with van der Waals surface area (Å²) in [6.45, 7) is 6.32. The van der Waals surface area contributed by atoms with Crippen LogP contribution in [0.5, 0.6) is 0 Å². The van der Waals surface area contributed by atoms with Crippen LogP contribution in [0.15, 0.2) is 48.5 Å². The first kappa shape index (κ1) is 26.5. The van der Waals surface area contributed by atoms with E-state index in [0.717, 1.165) is 28.9 Å². The zero-order valence-corrected chi connectivity index (χ0v) is 22.0. The first-order chi connectivity index (χ1) is 17.8. The van der Waals surface area contributed by atoms with Gasteiger partial charge in [-0.3, -0.25) is 9.59 Å². The second-order valence-corrected chi connectivity index (χ2v) is 9.87. The fourth-order valence-corrected chi connectivity index (χ4v) is 5.22. The van der Waals surface area contributed by atoms with Crippen molar-refractivity contribution in [2.24, 2.45) is 0 Å². The molecule has 0 bridgehead atoms. The van der Waals surface area contributed by atoms with Gasteiger partial charge in [0.2, 0.25) is 5.91 Å². The Balaban J connectivity index is 1.45. The molecule has 0 radical (unpaired) electrons. The number of rotatable bonds is 8. The lowest BCUT2D eigenvalue weighted by molar-refractivity contribution is -0.137. The lowest BCUT2D eigenvalue weighted by atomic mass is 9.85. The summed E-state index contributed by atoms with van der Waals surface area (Å²) in [6, 6.07) is 15.6. The van der Waals surface area contributed by atoms with E-state index in [0.29, 0.717) is 45.8 Å². The number of hydrogen-bond donors (Lipinski definition) is 2. The van der Waals surface area contributed by atoms with Crippen molar-refractivity contribution in [3.05, 3.63) is 59.7 Å². The van der Waals surface area contributed by atoms with Gasteiger partial charge in [0.25, 0.3) is 5.91 Å². The number of hydrogen-bond acceptors (Lipinski definition) is 5. The van der Waals surface area contributed by atoms with Crippen LogP contribution >= 0.6 is 0 Å². The van der Waals surface area contributed by atoms with Crippen LogP contribution in [0, 0.1) is 13.8 Å². The molecule has 2 aromatic rings. The Labute approximate surface area is 218 Å². The van der Waals surface area contributed by atoms with E-state index in [4.69, 9.17) is 4.74 Å². The monoisotopic (exact) mass is 507 g/mol. The molecule has 37 heavy (non-hydrogen) atoms. The number of nitrogens with one attached hydrogen (secondary N) is 2. The first-order valence-corrected chi connectivity index (χ1v) is 12.8. The summed E-state index contributed by atoms with van der Waals surface area (Å²) in [7, 11) is 1.63. The minimum Gasteiger partial charge on any atom is -0.385 e. The molecule has 2 N–H and O–H groups in total. The van der Waals surface area contributed by atoms with Crippen molar-refractivity contribution >= 4 is 29.2 Å². The van der Waals surface area contributed by atoms with Crippen LogP contribution in [0.3, 0.4) is 0 Å². The van der Waals surface area contributed by atoms with Crippen molar-refractivity contribution in [3.8, 4) is 0 Å². The van der Waals surface area contributed by atoms with Crippen molar-refractivity contribution in [1.82, 2.24) is 15.1 Å². The normalized spacial score (nSPS) is 16.8. The zero-order valence-electron chi connectivity index (χ0n) is 22.0. The lowest BCUT2D eigenvalue weighted by Gasteiger charge is -2.43. The molecule has 4 rings (SSSR count).